The molecule has 82 valence electrons. The normalized spacial score (nSPS) is 29.9. The smallest absolute Gasteiger partial charge is 0.157 e. The number of nitrogens with zero attached hydrogens (tertiary/aromatic N) is 1. The molecule has 2 nitrogen and oxygen atoms in total. The fourth-order valence-electron chi connectivity index (χ4n) is 1.26. The molecule has 0 saturated carbocycles. The van der Waals surface area contributed by atoms with E-state index in [9.17, 15) is 0 Å². The van der Waals surface area contributed by atoms with E-state index in [2.05, 4.69) is 38.0 Å². The minimum absolute atomic E-state index is 0.279. The van der Waals surface area contributed by atoms with Gasteiger partial charge in [-0.25, -0.2) is 0 Å². The first-order valence-corrected chi connectivity index (χ1v) is 6.50. The molecule has 0 aromatic rings. The Morgan fingerprint density at radius 3 is 2.79 bits per heavy atom. The van der Waals surface area contributed by atoms with Gasteiger partial charge in [0.2, 0.25) is 0 Å². The van der Waals surface area contributed by atoms with Crippen molar-refractivity contribution in [2.75, 3.05) is 12.3 Å². The van der Waals surface area contributed by atoms with Crippen molar-refractivity contribution in [3.8, 4) is 0 Å². The predicted molar refractivity (Wildman–Crippen MR) is 66.0 cm³/mol. The van der Waals surface area contributed by atoms with E-state index >= 15 is 0 Å². The van der Waals surface area contributed by atoms with E-state index in [1.165, 1.54) is 12.8 Å². The van der Waals surface area contributed by atoms with Crippen LogP contribution in [-0.2, 0) is 0 Å². The molecule has 1 aliphatic rings. The zero-order valence-corrected chi connectivity index (χ0v) is 10.6. The maximum Gasteiger partial charge on any atom is 0.157 e. The molecule has 14 heavy (non-hydrogen) atoms. The van der Waals surface area contributed by atoms with Crippen molar-refractivity contribution in [2.24, 2.45) is 10.9 Å². The summed E-state index contributed by atoms with van der Waals surface area (Å²) in [6.45, 7) is 9.94. The highest BCUT2D eigenvalue weighted by molar-refractivity contribution is 8.14. The number of rotatable bonds is 4. The highest BCUT2D eigenvalue weighted by atomic mass is 32.2. The van der Waals surface area contributed by atoms with Crippen molar-refractivity contribution < 1.29 is 0 Å². The molecule has 1 aliphatic heterocycles. The van der Waals surface area contributed by atoms with E-state index in [1.807, 2.05) is 11.8 Å². The number of amidine groups is 1. The molecule has 1 unspecified atom stereocenters. The van der Waals surface area contributed by atoms with Gasteiger partial charge >= 0.3 is 0 Å². The van der Waals surface area contributed by atoms with Gasteiger partial charge in [0.25, 0.3) is 0 Å². The minimum atomic E-state index is 0.279. The molecule has 0 radical (unpaired) electrons. The van der Waals surface area contributed by atoms with Crippen LogP contribution in [0.3, 0.4) is 0 Å². The first-order chi connectivity index (χ1) is 6.56. The summed E-state index contributed by atoms with van der Waals surface area (Å²) in [7, 11) is 0. The monoisotopic (exact) mass is 214 g/mol. The van der Waals surface area contributed by atoms with E-state index in [-0.39, 0.29) is 5.54 Å². The molecule has 0 spiro atoms. The van der Waals surface area contributed by atoms with E-state index in [0.29, 0.717) is 0 Å². The van der Waals surface area contributed by atoms with Crippen LogP contribution in [0, 0.1) is 5.92 Å². The Labute approximate surface area is 92.0 Å². The maximum absolute atomic E-state index is 4.58. The molecule has 1 atom stereocenters. The lowest BCUT2D eigenvalue weighted by Crippen LogP contribution is -2.39. The standard InChI is InChI=1S/C11H22N2S/c1-5-11(4)8-14-10(13-11)12-7-6-9(2)3/h9H,5-8H2,1-4H3,(H,12,13). The summed E-state index contributed by atoms with van der Waals surface area (Å²) >= 11 is 1.86. The molecule has 0 bridgehead atoms. The molecule has 0 aliphatic carbocycles. The van der Waals surface area contributed by atoms with Crippen molar-refractivity contribution in [3.05, 3.63) is 0 Å². The van der Waals surface area contributed by atoms with Crippen molar-refractivity contribution in [2.45, 2.75) is 46.1 Å². The first-order valence-electron chi connectivity index (χ1n) is 5.51. The summed E-state index contributed by atoms with van der Waals surface area (Å²) in [6.07, 6.45) is 2.36. The Bertz CT molecular complexity index is 213. The van der Waals surface area contributed by atoms with Crippen LogP contribution in [0.4, 0.5) is 0 Å². The van der Waals surface area contributed by atoms with Crippen LogP contribution < -0.4 is 5.32 Å². The zero-order valence-electron chi connectivity index (χ0n) is 9.76. The van der Waals surface area contributed by atoms with Crippen LogP contribution in [0.2, 0.25) is 0 Å². The molecular weight excluding hydrogens is 192 g/mol. The lowest BCUT2D eigenvalue weighted by atomic mass is 10.0. The van der Waals surface area contributed by atoms with Gasteiger partial charge in [-0.05, 0) is 25.7 Å². The van der Waals surface area contributed by atoms with Crippen LogP contribution in [0.25, 0.3) is 0 Å². The lowest BCUT2D eigenvalue weighted by molar-refractivity contribution is 0.466. The summed E-state index contributed by atoms with van der Waals surface area (Å²) < 4.78 is 0. The van der Waals surface area contributed by atoms with Crippen molar-refractivity contribution >= 4 is 16.9 Å². The van der Waals surface area contributed by atoms with Gasteiger partial charge in [0, 0.05) is 17.8 Å². The fraction of sp³-hybridized carbons (Fsp3) is 0.909. The molecule has 3 heteroatoms. The van der Waals surface area contributed by atoms with Gasteiger partial charge in [-0.3, -0.25) is 4.99 Å². The van der Waals surface area contributed by atoms with Crippen LogP contribution in [-0.4, -0.2) is 23.0 Å². The Morgan fingerprint density at radius 2 is 2.29 bits per heavy atom. The van der Waals surface area contributed by atoms with Gasteiger partial charge in [0.1, 0.15) is 0 Å². The van der Waals surface area contributed by atoms with Gasteiger partial charge in [0.15, 0.2) is 5.17 Å². The Kier molecular flexibility index (Phi) is 4.30. The number of nitrogens with one attached hydrogen (secondary N) is 1. The van der Waals surface area contributed by atoms with Crippen LogP contribution in [0.5, 0.6) is 0 Å². The van der Waals surface area contributed by atoms with Gasteiger partial charge in [-0.1, -0.05) is 32.5 Å². The Morgan fingerprint density at radius 1 is 1.57 bits per heavy atom. The van der Waals surface area contributed by atoms with E-state index in [4.69, 9.17) is 0 Å². The molecule has 0 aromatic heterocycles. The summed E-state index contributed by atoms with van der Waals surface area (Å²) in [6, 6.07) is 0. The van der Waals surface area contributed by atoms with Crippen molar-refractivity contribution in [3.63, 3.8) is 0 Å². The SMILES string of the molecule is CCC1(C)CSC(=NCCC(C)C)N1. The quantitative estimate of drug-likeness (QED) is 0.778. The minimum Gasteiger partial charge on any atom is -0.359 e. The zero-order chi connectivity index (χ0) is 10.6. The van der Waals surface area contributed by atoms with Crippen molar-refractivity contribution in [1.29, 1.82) is 0 Å². The Hall–Kier alpha value is -0.180. The van der Waals surface area contributed by atoms with Crippen LogP contribution in [0.1, 0.15) is 40.5 Å². The maximum atomic E-state index is 4.58. The first kappa shape index (κ1) is 11.9. The van der Waals surface area contributed by atoms with Gasteiger partial charge in [-0.15, -0.1) is 0 Å². The molecule has 1 heterocycles. The third-order valence-electron chi connectivity index (χ3n) is 2.68. The van der Waals surface area contributed by atoms with Gasteiger partial charge in [-0.2, -0.15) is 0 Å². The average Bonchev–Trinajstić information content (AvgIpc) is 2.48. The van der Waals surface area contributed by atoms with Crippen LogP contribution >= 0.6 is 11.8 Å². The predicted octanol–water partition coefficient (Wildman–Crippen LogP) is 2.89. The van der Waals surface area contributed by atoms with Gasteiger partial charge in [0.05, 0.1) is 0 Å². The highest BCUT2D eigenvalue weighted by Crippen LogP contribution is 2.25. The average molecular weight is 214 g/mol. The molecule has 1 fully saturated rings. The number of aliphatic imine (C=N–C) groups is 1. The molecular formula is C11H22N2S. The largest absolute Gasteiger partial charge is 0.359 e. The second-order valence-corrected chi connectivity index (χ2v) is 5.66. The second-order valence-electron chi connectivity index (χ2n) is 4.70. The third-order valence-corrected chi connectivity index (χ3v) is 3.96. The Balaban J connectivity index is 2.34. The summed E-state index contributed by atoms with van der Waals surface area (Å²) in [4.78, 5) is 4.58. The number of hydrogen-bond donors (Lipinski definition) is 1. The molecule has 0 amide bonds. The molecule has 1 saturated heterocycles. The summed E-state index contributed by atoms with van der Waals surface area (Å²) in [5.74, 6) is 1.91. The van der Waals surface area contributed by atoms with E-state index < -0.39 is 0 Å². The third kappa shape index (κ3) is 3.52. The van der Waals surface area contributed by atoms with Crippen molar-refractivity contribution in [1.82, 2.24) is 5.32 Å². The van der Waals surface area contributed by atoms with E-state index in [0.717, 1.165) is 23.4 Å². The molecule has 1 rings (SSSR count). The summed E-state index contributed by atoms with van der Waals surface area (Å²) in [5.41, 5.74) is 0.279. The second kappa shape index (κ2) is 5.06. The number of thioether (sulfide) groups is 1. The molecule has 1 N–H and O–H groups in total. The fourth-order valence-corrected chi connectivity index (χ4v) is 2.49. The topological polar surface area (TPSA) is 24.4 Å². The molecule has 0 aromatic carbocycles. The van der Waals surface area contributed by atoms with Gasteiger partial charge < -0.3 is 5.32 Å². The number of hydrogen-bond acceptors (Lipinski definition) is 2. The lowest BCUT2D eigenvalue weighted by Gasteiger charge is -2.20. The van der Waals surface area contributed by atoms with Crippen LogP contribution in [0.15, 0.2) is 4.99 Å². The summed E-state index contributed by atoms with van der Waals surface area (Å²) in [5, 5.41) is 4.65. The highest BCUT2D eigenvalue weighted by Gasteiger charge is 2.30. The van der Waals surface area contributed by atoms with E-state index in [1.54, 1.807) is 0 Å².